The second-order valence-corrected chi connectivity index (χ2v) is 4.45. The van der Waals surface area contributed by atoms with Crippen LogP contribution in [0.15, 0.2) is 36.4 Å². The highest BCUT2D eigenvalue weighted by Crippen LogP contribution is 2.28. The Morgan fingerprint density at radius 2 is 1.63 bits per heavy atom. The molecule has 0 amide bonds. The van der Waals surface area contributed by atoms with Crippen LogP contribution in [0.2, 0.25) is 5.02 Å². The Morgan fingerprint density at radius 1 is 1.00 bits per heavy atom. The summed E-state index contributed by atoms with van der Waals surface area (Å²) in [6.45, 7) is 0. The van der Waals surface area contributed by atoms with Crippen molar-refractivity contribution >= 4 is 11.6 Å². The third-order valence-corrected chi connectivity index (χ3v) is 3.18. The van der Waals surface area contributed by atoms with Gasteiger partial charge in [-0.2, -0.15) is 0 Å². The minimum absolute atomic E-state index is 0.00725. The van der Waals surface area contributed by atoms with Crippen LogP contribution in [0.5, 0.6) is 0 Å². The molecular weight excluding hydrogens is 277 g/mol. The molecule has 2 aromatic rings. The van der Waals surface area contributed by atoms with Crippen LogP contribution in [0.1, 0.15) is 17.2 Å². The molecule has 0 radical (unpaired) electrons. The minimum Gasteiger partial charge on any atom is -0.388 e. The monoisotopic (exact) mass is 286 g/mol. The fourth-order valence-corrected chi connectivity index (χ4v) is 2.05. The van der Waals surface area contributed by atoms with Crippen LogP contribution < -0.4 is 0 Å². The summed E-state index contributed by atoms with van der Waals surface area (Å²) in [5, 5.41) is 9.74. The van der Waals surface area contributed by atoms with Crippen molar-refractivity contribution in [2.24, 2.45) is 0 Å². The Bertz CT molecular complexity index is 601. The molecule has 0 aliphatic rings. The van der Waals surface area contributed by atoms with Crippen LogP contribution in [0.3, 0.4) is 0 Å². The summed E-state index contributed by atoms with van der Waals surface area (Å²) < 4.78 is 39.7. The number of aliphatic hydroxyl groups is 1. The van der Waals surface area contributed by atoms with Crippen LogP contribution in [-0.2, 0) is 6.42 Å². The molecule has 0 saturated carbocycles. The summed E-state index contributed by atoms with van der Waals surface area (Å²) in [4.78, 5) is 0. The Morgan fingerprint density at radius 3 is 2.37 bits per heavy atom. The summed E-state index contributed by atoms with van der Waals surface area (Å²) in [7, 11) is 0. The largest absolute Gasteiger partial charge is 0.388 e. The van der Waals surface area contributed by atoms with Crippen LogP contribution in [0.4, 0.5) is 13.2 Å². The van der Waals surface area contributed by atoms with E-state index in [1.54, 1.807) is 0 Å². The van der Waals surface area contributed by atoms with Gasteiger partial charge < -0.3 is 5.11 Å². The van der Waals surface area contributed by atoms with E-state index in [1.807, 2.05) is 0 Å². The highest BCUT2D eigenvalue weighted by molar-refractivity contribution is 6.31. The predicted octanol–water partition coefficient (Wildman–Crippen LogP) is 4.03. The zero-order valence-corrected chi connectivity index (χ0v) is 10.5. The Hall–Kier alpha value is -1.52. The fraction of sp³-hybridized carbons (Fsp3) is 0.143. The van der Waals surface area contributed by atoms with Crippen LogP contribution in [-0.4, -0.2) is 5.11 Å². The molecule has 0 aromatic heterocycles. The van der Waals surface area contributed by atoms with Gasteiger partial charge in [-0.05, 0) is 17.7 Å². The van der Waals surface area contributed by atoms with Crippen molar-refractivity contribution in [3.05, 3.63) is 70.0 Å². The number of benzene rings is 2. The first-order chi connectivity index (χ1) is 9.00. The standard InChI is InChI=1S/C14H10ClF3O/c15-13-9(4-2-5-10(13)16)12(19)7-8-3-1-6-11(17)14(8)18/h1-6,12,19H,7H2. The van der Waals surface area contributed by atoms with Gasteiger partial charge in [0.2, 0.25) is 0 Å². The first-order valence-electron chi connectivity index (χ1n) is 5.55. The molecule has 0 fully saturated rings. The van der Waals surface area contributed by atoms with Crippen LogP contribution >= 0.6 is 11.6 Å². The van der Waals surface area contributed by atoms with E-state index in [-0.39, 0.29) is 22.6 Å². The predicted molar refractivity (Wildman–Crippen MR) is 66.4 cm³/mol. The molecule has 2 rings (SSSR count). The zero-order chi connectivity index (χ0) is 14.0. The normalized spacial score (nSPS) is 12.5. The second kappa shape index (κ2) is 5.63. The zero-order valence-electron chi connectivity index (χ0n) is 9.71. The van der Waals surface area contributed by atoms with E-state index in [2.05, 4.69) is 0 Å². The lowest BCUT2D eigenvalue weighted by Crippen LogP contribution is -2.06. The number of aliphatic hydroxyl groups excluding tert-OH is 1. The van der Waals surface area contributed by atoms with Gasteiger partial charge in [-0.15, -0.1) is 0 Å². The highest BCUT2D eigenvalue weighted by atomic mass is 35.5. The second-order valence-electron chi connectivity index (χ2n) is 4.08. The first kappa shape index (κ1) is 13.9. The molecule has 0 saturated heterocycles. The topological polar surface area (TPSA) is 20.2 Å². The number of rotatable bonds is 3. The maximum atomic E-state index is 13.5. The molecule has 1 unspecified atom stereocenters. The lowest BCUT2D eigenvalue weighted by Gasteiger charge is -2.13. The molecule has 0 aliphatic carbocycles. The SMILES string of the molecule is OC(Cc1cccc(F)c1F)c1cccc(F)c1Cl. The average Bonchev–Trinajstić information content (AvgIpc) is 2.38. The van der Waals surface area contributed by atoms with Crippen molar-refractivity contribution in [1.82, 2.24) is 0 Å². The van der Waals surface area contributed by atoms with Gasteiger partial charge in [-0.3, -0.25) is 0 Å². The van der Waals surface area contributed by atoms with Gasteiger partial charge in [0, 0.05) is 12.0 Å². The Balaban J connectivity index is 2.28. The maximum absolute atomic E-state index is 13.5. The molecule has 0 spiro atoms. The molecular formula is C14H10ClF3O. The number of hydrogen-bond acceptors (Lipinski definition) is 1. The Labute approximate surface area is 113 Å². The van der Waals surface area contributed by atoms with E-state index in [1.165, 1.54) is 24.3 Å². The quantitative estimate of drug-likeness (QED) is 0.903. The van der Waals surface area contributed by atoms with E-state index in [9.17, 15) is 18.3 Å². The van der Waals surface area contributed by atoms with Gasteiger partial charge in [0.1, 0.15) is 5.82 Å². The summed E-state index contributed by atoms with van der Waals surface area (Å²) in [6.07, 6.45) is -1.40. The first-order valence-corrected chi connectivity index (χ1v) is 5.93. The molecule has 0 aliphatic heterocycles. The molecule has 1 N–H and O–H groups in total. The van der Waals surface area contributed by atoms with Gasteiger partial charge in [-0.1, -0.05) is 35.9 Å². The summed E-state index contributed by atoms with van der Waals surface area (Å²) in [5.41, 5.74) is 0.151. The molecule has 1 atom stereocenters. The van der Waals surface area contributed by atoms with Crippen molar-refractivity contribution < 1.29 is 18.3 Å². The van der Waals surface area contributed by atoms with Crippen molar-refractivity contribution in [1.29, 1.82) is 0 Å². The van der Waals surface area contributed by atoms with Crippen molar-refractivity contribution in [2.75, 3.05) is 0 Å². The third kappa shape index (κ3) is 2.91. The van der Waals surface area contributed by atoms with Crippen molar-refractivity contribution in [3.63, 3.8) is 0 Å². The van der Waals surface area contributed by atoms with E-state index >= 15 is 0 Å². The van der Waals surface area contributed by atoms with Crippen LogP contribution in [0, 0.1) is 17.5 Å². The van der Waals surface area contributed by atoms with Crippen molar-refractivity contribution in [3.8, 4) is 0 Å². The number of hydrogen-bond donors (Lipinski definition) is 1. The molecule has 100 valence electrons. The molecule has 2 aromatic carbocycles. The third-order valence-electron chi connectivity index (χ3n) is 2.79. The van der Waals surface area contributed by atoms with Crippen LogP contribution in [0.25, 0.3) is 0 Å². The van der Waals surface area contributed by atoms with Crippen molar-refractivity contribution in [2.45, 2.75) is 12.5 Å². The molecule has 5 heteroatoms. The van der Waals surface area contributed by atoms with Gasteiger partial charge in [-0.25, -0.2) is 13.2 Å². The molecule has 1 nitrogen and oxygen atoms in total. The number of halogens is 4. The highest BCUT2D eigenvalue weighted by Gasteiger charge is 2.17. The average molecular weight is 287 g/mol. The van der Waals surface area contributed by atoms with E-state index < -0.39 is 23.6 Å². The molecule has 19 heavy (non-hydrogen) atoms. The maximum Gasteiger partial charge on any atom is 0.162 e. The Kier molecular flexibility index (Phi) is 4.12. The van der Waals surface area contributed by atoms with Gasteiger partial charge in [0.05, 0.1) is 11.1 Å². The van der Waals surface area contributed by atoms with Gasteiger partial charge in [0.15, 0.2) is 11.6 Å². The summed E-state index contributed by atoms with van der Waals surface area (Å²) in [5.74, 6) is -2.68. The minimum atomic E-state index is -1.21. The molecule has 0 bridgehead atoms. The van der Waals surface area contributed by atoms with Gasteiger partial charge >= 0.3 is 0 Å². The summed E-state index contributed by atoms with van der Waals surface area (Å²) in [6, 6.07) is 7.67. The smallest absolute Gasteiger partial charge is 0.162 e. The van der Waals surface area contributed by atoms with E-state index in [4.69, 9.17) is 11.6 Å². The lowest BCUT2D eigenvalue weighted by atomic mass is 10.0. The van der Waals surface area contributed by atoms with E-state index in [0.717, 1.165) is 12.1 Å². The fourth-order valence-electron chi connectivity index (χ4n) is 1.80. The van der Waals surface area contributed by atoms with E-state index in [0.29, 0.717) is 0 Å². The van der Waals surface area contributed by atoms with Gasteiger partial charge in [0.25, 0.3) is 0 Å². The lowest BCUT2D eigenvalue weighted by molar-refractivity contribution is 0.176. The summed E-state index contributed by atoms with van der Waals surface area (Å²) >= 11 is 5.72. The molecule has 0 heterocycles.